The molecule has 0 fully saturated rings. The van der Waals surface area contributed by atoms with Crippen LogP contribution in [0.5, 0.6) is 0 Å². The number of hydrogen-bond acceptors (Lipinski definition) is 5. The molecule has 6 nitrogen and oxygen atoms in total. The van der Waals surface area contributed by atoms with E-state index in [0.29, 0.717) is 28.7 Å². The van der Waals surface area contributed by atoms with Gasteiger partial charge in [-0.05, 0) is 47.0 Å². The second kappa shape index (κ2) is 12.9. The van der Waals surface area contributed by atoms with Crippen molar-refractivity contribution in [2.24, 2.45) is 0 Å². The minimum Gasteiger partial charge on any atom is -0.294 e. The number of ketones is 1. The fraction of sp³-hybridized carbons (Fsp3) is 0.0465. The molecule has 6 aromatic carbocycles. The van der Waals surface area contributed by atoms with E-state index in [1.54, 1.807) is 4.90 Å². The number of hydrogen-bond donors (Lipinski definition) is 0. The van der Waals surface area contributed by atoms with Crippen LogP contribution in [0.3, 0.4) is 0 Å². The Bertz CT molecular complexity index is 2240. The number of para-hydroxylation sites is 1. The van der Waals surface area contributed by atoms with Crippen LogP contribution >= 0.6 is 0 Å². The first-order chi connectivity index (χ1) is 24.1. The molecule has 1 aliphatic heterocycles. The number of carbonyl (C=O) groups excluding carboxylic acids is 2. The lowest BCUT2D eigenvalue weighted by Crippen LogP contribution is -2.30. The summed E-state index contributed by atoms with van der Waals surface area (Å²) in [6.07, 6.45) is 0.0814. The lowest BCUT2D eigenvalue weighted by molar-refractivity contribution is -0.119. The number of aromatic nitrogens is 3. The van der Waals surface area contributed by atoms with Gasteiger partial charge < -0.3 is 0 Å². The average Bonchev–Trinajstić information content (AvgIpc) is 3.29. The number of Topliss-reactive ketones (excluding diaryl/α,β-unsaturated/α-hetero) is 1. The van der Waals surface area contributed by atoms with Gasteiger partial charge in [-0.25, -0.2) is 15.0 Å². The van der Waals surface area contributed by atoms with E-state index in [-0.39, 0.29) is 18.1 Å². The molecule has 49 heavy (non-hydrogen) atoms. The maximum absolute atomic E-state index is 14.2. The Morgan fingerprint density at radius 1 is 0.469 bits per heavy atom. The van der Waals surface area contributed by atoms with Gasteiger partial charge in [0.15, 0.2) is 23.3 Å². The van der Waals surface area contributed by atoms with Gasteiger partial charge in [0.1, 0.15) is 0 Å². The average molecular weight is 635 g/mol. The largest absolute Gasteiger partial charge is 0.294 e. The van der Waals surface area contributed by atoms with E-state index in [0.717, 1.165) is 39.1 Å². The van der Waals surface area contributed by atoms with Crippen molar-refractivity contribution in [2.75, 3.05) is 4.90 Å². The zero-order valence-corrected chi connectivity index (χ0v) is 26.5. The molecular weight excluding hydrogens is 604 g/mol. The van der Waals surface area contributed by atoms with E-state index < -0.39 is 5.92 Å². The topological polar surface area (TPSA) is 76.1 Å². The van der Waals surface area contributed by atoms with Gasteiger partial charge >= 0.3 is 0 Å². The highest BCUT2D eigenvalue weighted by molar-refractivity contribution is 6.16. The summed E-state index contributed by atoms with van der Waals surface area (Å²) in [5.41, 5.74) is 7.01. The fourth-order valence-electron chi connectivity index (χ4n) is 6.36. The fourth-order valence-corrected chi connectivity index (χ4v) is 6.36. The Balaban J connectivity index is 1.22. The normalized spacial score (nSPS) is 14.3. The Kier molecular flexibility index (Phi) is 7.88. The molecule has 0 saturated carbocycles. The van der Waals surface area contributed by atoms with E-state index in [2.05, 4.69) is 0 Å². The summed E-state index contributed by atoms with van der Waals surface area (Å²) in [5, 5.41) is 0. The predicted octanol–water partition coefficient (Wildman–Crippen LogP) is 9.57. The Labute approximate surface area is 284 Å². The molecule has 234 valence electrons. The van der Waals surface area contributed by atoms with Crippen molar-refractivity contribution in [3.05, 3.63) is 175 Å². The molecule has 1 aliphatic rings. The van der Waals surface area contributed by atoms with Crippen LogP contribution in [-0.2, 0) is 4.79 Å². The Morgan fingerprint density at radius 3 is 1.57 bits per heavy atom. The molecule has 0 N–H and O–H groups in total. The highest BCUT2D eigenvalue weighted by Crippen LogP contribution is 2.40. The van der Waals surface area contributed by atoms with Crippen LogP contribution in [0.4, 0.5) is 11.4 Å². The summed E-state index contributed by atoms with van der Waals surface area (Å²) in [6.45, 7) is 0. The van der Waals surface area contributed by atoms with Crippen molar-refractivity contribution in [3.8, 4) is 45.3 Å². The van der Waals surface area contributed by atoms with E-state index in [1.165, 1.54) is 0 Å². The molecule has 6 heteroatoms. The standard InChI is InChI=1S/C43H30N4O2/c48-39-28-36(29-14-5-1-6-15-29)43(49)47(35-22-11-4-12-23-35)38-25-24-33(27-37(38)39)32-20-13-21-34(26-32)42-45-40(30-16-7-2-8-17-30)44-41(46-42)31-18-9-3-10-19-31/h1-27,36H,28H2. The number of nitrogens with zero attached hydrogens (tertiary/aromatic N) is 4. The molecule has 0 aliphatic carbocycles. The van der Waals surface area contributed by atoms with Crippen molar-refractivity contribution in [3.63, 3.8) is 0 Å². The number of fused-ring (bicyclic) bond motifs is 1. The molecule has 1 aromatic heterocycles. The predicted molar refractivity (Wildman–Crippen MR) is 193 cm³/mol. The molecule has 1 amide bonds. The van der Waals surface area contributed by atoms with E-state index in [4.69, 9.17) is 15.0 Å². The van der Waals surface area contributed by atoms with Gasteiger partial charge in [0, 0.05) is 34.4 Å². The maximum Gasteiger partial charge on any atom is 0.239 e. The Morgan fingerprint density at radius 2 is 0.959 bits per heavy atom. The third-order valence-corrected chi connectivity index (χ3v) is 8.82. The molecule has 0 saturated heterocycles. The van der Waals surface area contributed by atoms with Crippen LogP contribution in [0.25, 0.3) is 45.3 Å². The molecule has 0 bridgehead atoms. The number of benzene rings is 6. The maximum atomic E-state index is 14.2. The monoisotopic (exact) mass is 634 g/mol. The van der Waals surface area contributed by atoms with Crippen molar-refractivity contribution < 1.29 is 9.59 Å². The molecule has 2 heterocycles. The van der Waals surface area contributed by atoms with Crippen LogP contribution in [0.1, 0.15) is 28.3 Å². The summed E-state index contributed by atoms with van der Waals surface area (Å²) < 4.78 is 0. The summed E-state index contributed by atoms with van der Waals surface area (Å²) >= 11 is 0. The summed E-state index contributed by atoms with van der Waals surface area (Å²) in [6, 6.07) is 52.6. The third-order valence-electron chi connectivity index (χ3n) is 8.82. The number of rotatable bonds is 6. The van der Waals surface area contributed by atoms with E-state index >= 15 is 0 Å². The van der Waals surface area contributed by atoms with Gasteiger partial charge in [0.2, 0.25) is 5.91 Å². The van der Waals surface area contributed by atoms with Crippen molar-refractivity contribution in [2.45, 2.75) is 12.3 Å². The van der Waals surface area contributed by atoms with Crippen LogP contribution in [0.2, 0.25) is 0 Å². The lowest BCUT2D eigenvalue weighted by atomic mass is 9.91. The molecule has 7 aromatic rings. The minimum atomic E-state index is -0.602. The summed E-state index contributed by atoms with van der Waals surface area (Å²) in [4.78, 5) is 44.6. The number of amides is 1. The second-order valence-electron chi connectivity index (χ2n) is 12.0. The molecule has 8 rings (SSSR count). The van der Waals surface area contributed by atoms with Crippen LogP contribution in [0.15, 0.2) is 164 Å². The number of carbonyl (C=O) groups is 2. The zero-order valence-electron chi connectivity index (χ0n) is 26.5. The molecule has 0 spiro atoms. The smallest absolute Gasteiger partial charge is 0.239 e. The molecule has 1 atom stereocenters. The van der Waals surface area contributed by atoms with Gasteiger partial charge in [-0.2, -0.15) is 0 Å². The first kappa shape index (κ1) is 29.8. The molecular formula is C43H30N4O2. The summed E-state index contributed by atoms with van der Waals surface area (Å²) in [5.74, 6) is 0.915. The van der Waals surface area contributed by atoms with Crippen molar-refractivity contribution >= 4 is 23.1 Å². The van der Waals surface area contributed by atoms with E-state index in [9.17, 15) is 9.59 Å². The van der Waals surface area contributed by atoms with Gasteiger partial charge in [0.25, 0.3) is 0 Å². The van der Waals surface area contributed by atoms with Gasteiger partial charge in [-0.1, -0.05) is 133 Å². The highest BCUT2D eigenvalue weighted by atomic mass is 16.2. The van der Waals surface area contributed by atoms with Gasteiger partial charge in [-0.3, -0.25) is 14.5 Å². The van der Waals surface area contributed by atoms with Crippen LogP contribution < -0.4 is 4.90 Å². The van der Waals surface area contributed by atoms with Crippen LogP contribution in [-0.4, -0.2) is 26.6 Å². The van der Waals surface area contributed by atoms with Crippen molar-refractivity contribution in [1.82, 2.24) is 15.0 Å². The first-order valence-electron chi connectivity index (χ1n) is 16.2. The lowest BCUT2D eigenvalue weighted by Gasteiger charge is -2.26. The van der Waals surface area contributed by atoms with Crippen molar-refractivity contribution in [1.29, 1.82) is 0 Å². The third kappa shape index (κ3) is 5.92. The highest BCUT2D eigenvalue weighted by Gasteiger charge is 2.36. The minimum absolute atomic E-state index is 0.0777. The zero-order chi connectivity index (χ0) is 33.2. The van der Waals surface area contributed by atoms with Gasteiger partial charge in [0.05, 0.1) is 11.6 Å². The Hall–Kier alpha value is -6.53. The summed E-state index contributed by atoms with van der Waals surface area (Å²) in [7, 11) is 0. The molecule has 0 radical (unpaired) electrons. The quantitative estimate of drug-likeness (QED) is 0.182. The van der Waals surface area contributed by atoms with Gasteiger partial charge in [-0.15, -0.1) is 0 Å². The SMILES string of the molecule is O=C1CC(c2ccccc2)C(=O)N(c2ccccc2)c2ccc(-c3cccc(-c4nc(-c5ccccc5)nc(-c5ccccc5)n4)c3)cc21. The van der Waals surface area contributed by atoms with E-state index in [1.807, 2.05) is 164 Å². The second-order valence-corrected chi connectivity index (χ2v) is 12.0. The molecule has 1 unspecified atom stereocenters. The van der Waals surface area contributed by atoms with Crippen LogP contribution in [0, 0.1) is 0 Å². The number of anilines is 2. The first-order valence-corrected chi connectivity index (χ1v) is 16.2.